The number of rotatable bonds is 9. The molecule has 0 aliphatic carbocycles. The molecule has 4 heterocycles. The van der Waals surface area contributed by atoms with Gasteiger partial charge in [0.1, 0.15) is 19.0 Å². The first-order chi connectivity index (χ1) is 17.3. The minimum Gasteiger partial charge on any atom is -0.472 e. The summed E-state index contributed by atoms with van der Waals surface area (Å²) in [5, 5.41) is 4.62. The number of anilines is 1. The van der Waals surface area contributed by atoms with Gasteiger partial charge in [-0.05, 0) is 17.7 Å². The van der Waals surface area contributed by atoms with Gasteiger partial charge in [0.05, 0.1) is 23.0 Å². The molecule has 15 heteroatoms. The summed E-state index contributed by atoms with van der Waals surface area (Å²) < 4.78 is 53.8. The van der Waals surface area contributed by atoms with Crippen molar-refractivity contribution < 1.29 is 27.4 Å². The van der Waals surface area contributed by atoms with Gasteiger partial charge in [0, 0.05) is 26.5 Å². The Kier molecular flexibility index (Phi) is 6.28. The first kappa shape index (κ1) is 23.7. The van der Waals surface area contributed by atoms with Crippen molar-refractivity contribution in [1.29, 1.82) is 0 Å². The Morgan fingerprint density at radius 1 is 1.08 bits per heavy atom. The lowest BCUT2D eigenvalue weighted by Gasteiger charge is -2.12. The van der Waals surface area contributed by atoms with Gasteiger partial charge in [-0.2, -0.15) is 8.42 Å². The fourth-order valence-electron chi connectivity index (χ4n) is 3.46. The van der Waals surface area contributed by atoms with Gasteiger partial charge >= 0.3 is 6.01 Å². The molecular weight excluding hydrogens is 514 g/mol. The molecule has 4 aromatic rings. The average molecular weight is 534 g/mol. The van der Waals surface area contributed by atoms with Gasteiger partial charge in [-0.25, -0.2) is 19.6 Å². The van der Waals surface area contributed by atoms with Crippen molar-refractivity contribution in [2.45, 2.75) is 5.16 Å². The van der Waals surface area contributed by atoms with E-state index in [1.54, 1.807) is 32.3 Å². The zero-order valence-electron chi connectivity index (χ0n) is 19.1. The van der Waals surface area contributed by atoms with E-state index in [1.165, 1.54) is 34.0 Å². The van der Waals surface area contributed by atoms with Crippen LogP contribution in [0, 0.1) is 0 Å². The molecule has 0 bridgehead atoms. The van der Waals surface area contributed by atoms with E-state index < -0.39 is 10.0 Å². The normalized spacial score (nSPS) is 12.5. The summed E-state index contributed by atoms with van der Waals surface area (Å²) in [7, 11) is -0.858. The molecule has 5 rings (SSSR count). The predicted octanol–water partition coefficient (Wildman–Crippen LogP) is 2.25. The van der Waals surface area contributed by atoms with E-state index in [4.69, 9.17) is 30.5 Å². The topological polar surface area (TPSA) is 145 Å². The Labute approximate surface area is 210 Å². The number of hydrogen-bond donors (Lipinski definition) is 1. The van der Waals surface area contributed by atoms with Crippen molar-refractivity contribution in [3.63, 3.8) is 0 Å². The molecule has 1 aliphatic heterocycles. The molecule has 0 fully saturated rings. The van der Waals surface area contributed by atoms with Crippen LogP contribution in [0.2, 0.25) is 5.02 Å². The van der Waals surface area contributed by atoms with Crippen LogP contribution in [-0.2, 0) is 24.1 Å². The van der Waals surface area contributed by atoms with E-state index in [-0.39, 0.29) is 42.9 Å². The van der Waals surface area contributed by atoms with E-state index in [1.807, 2.05) is 0 Å². The SMILES string of the molecule is Cn1ccnc1S(=O)(=O)Nc1c(-c2ccc3c(c2)OCO3)c(OCCOc2ncc(Cl)cn2)nn1C. The highest BCUT2D eigenvalue weighted by atomic mass is 35.5. The number of halogens is 1. The number of aromatic nitrogens is 6. The fourth-order valence-corrected chi connectivity index (χ4v) is 4.78. The second-order valence-corrected chi connectivity index (χ2v) is 9.54. The lowest BCUT2D eigenvalue weighted by atomic mass is 10.1. The molecule has 0 saturated heterocycles. The van der Waals surface area contributed by atoms with Gasteiger partial charge in [0.25, 0.3) is 10.0 Å². The van der Waals surface area contributed by atoms with Crippen LogP contribution in [0.5, 0.6) is 23.4 Å². The van der Waals surface area contributed by atoms with Crippen LogP contribution in [0.1, 0.15) is 0 Å². The number of fused-ring (bicyclic) bond motifs is 1. The molecular formula is C21H20ClN7O6S. The highest BCUT2D eigenvalue weighted by Crippen LogP contribution is 2.42. The molecule has 0 spiro atoms. The molecule has 3 aromatic heterocycles. The second-order valence-electron chi connectivity index (χ2n) is 7.53. The van der Waals surface area contributed by atoms with Gasteiger partial charge in [-0.1, -0.05) is 17.7 Å². The Hall–Kier alpha value is -4.04. The smallest absolute Gasteiger partial charge is 0.316 e. The number of nitrogens with zero attached hydrogens (tertiary/aromatic N) is 6. The maximum Gasteiger partial charge on any atom is 0.316 e. The summed E-state index contributed by atoms with van der Waals surface area (Å²) in [6.45, 7) is 0.275. The van der Waals surface area contributed by atoms with Gasteiger partial charge < -0.3 is 23.5 Å². The number of imidazole rings is 1. The first-order valence-electron chi connectivity index (χ1n) is 10.5. The third kappa shape index (κ3) is 4.72. The van der Waals surface area contributed by atoms with Crippen LogP contribution in [0.4, 0.5) is 5.82 Å². The molecule has 1 N–H and O–H groups in total. The highest BCUT2D eigenvalue weighted by Gasteiger charge is 2.28. The number of hydrogen-bond acceptors (Lipinski definition) is 10. The first-order valence-corrected chi connectivity index (χ1v) is 12.4. The van der Waals surface area contributed by atoms with Crippen LogP contribution in [-0.4, -0.2) is 57.7 Å². The number of nitrogens with one attached hydrogen (secondary N) is 1. The van der Waals surface area contributed by atoms with Crippen LogP contribution in [0.25, 0.3) is 11.1 Å². The Bertz CT molecular complexity index is 1500. The molecule has 1 aromatic carbocycles. The van der Waals surface area contributed by atoms with E-state index in [9.17, 15) is 8.42 Å². The zero-order chi connectivity index (χ0) is 25.3. The van der Waals surface area contributed by atoms with Crippen LogP contribution >= 0.6 is 11.6 Å². The quantitative estimate of drug-likeness (QED) is 0.318. The number of ether oxygens (including phenoxy) is 4. The average Bonchev–Trinajstić information content (AvgIpc) is 3.57. The van der Waals surface area contributed by atoms with Gasteiger partial charge in [0.15, 0.2) is 11.5 Å². The van der Waals surface area contributed by atoms with Gasteiger partial charge in [-0.15, -0.1) is 5.10 Å². The van der Waals surface area contributed by atoms with Crippen molar-refractivity contribution in [3.8, 4) is 34.5 Å². The molecule has 0 atom stereocenters. The standard InChI is InChI=1S/C21H20ClN7O6S/c1-28-6-5-23-21(28)36(30,31)27-18-17(13-3-4-15-16(9-13)35-12-34-15)19(26-29(18)2)32-7-8-33-20-24-10-14(22)11-25-20/h3-6,9-11,27H,7-8,12H2,1-2H3. The van der Waals surface area contributed by atoms with Crippen LogP contribution in [0.3, 0.4) is 0 Å². The summed E-state index contributed by atoms with van der Waals surface area (Å²) >= 11 is 5.78. The van der Waals surface area contributed by atoms with Crippen molar-refractivity contribution in [1.82, 2.24) is 29.3 Å². The molecule has 1 aliphatic rings. The minimum absolute atomic E-state index is 0.0755. The third-order valence-corrected chi connectivity index (χ3v) is 6.61. The number of aryl methyl sites for hydroxylation is 2. The monoisotopic (exact) mass is 533 g/mol. The molecule has 0 amide bonds. The van der Waals surface area contributed by atoms with Crippen molar-refractivity contribution in [2.24, 2.45) is 14.1 Å². The third-order valence-electron chi connectivity index (χ3n) is 5.07. The number of sulfonamides is 1. The molecule has 0 radical (unpaired) electrons. The Morgan fingerprint density at radius 2 is 1.83 bits per heavy atom. The summed E-state index contributed by atoms with van der Waals surface area (Å²) in [5.41, 5.74) is 0.998. The van der Waals surface area contributed by atoms with Crippen LogP contribution in [0.15, 0.2) is 48.1 Å². The fraction of sp³-hybridized carbons (Fsp3) is 0.238. The minimum atomic E-state index is -4.04. The maximum atomic E-state index is 13.1. The molecule has 13 nitrogen and oxygen atoms in total. The van der Waals surface area contributed by atoms with E-state index in [2.05, 4.69) is 24.8 Å². The second kappa shape index (κ2) is 9.54. The molecule has 0 saturated carbocycles. The van der Waals surface area contributed by atoms with E-state index >= 15 is 0 Å². The lowest BCUT2D eigenvalue weighted by Crippen LogP contribution is -2.19. The summed E-state index contributed by atoms with van der Waals surface area (Å²) in [4.78, 5) is 11.9. The van der Waals surface area contributed by atoms with Crippen molar-refractivity contribution in [2.75, 3.05) is 24.7 Å². The molecule has 188 valence electrons. The zero-order valence-corrected chi connectivity index (χ0v) is 20.7. The number of benzene rings is 1. The largest absolute Gasteiger partial charge is 0.472 e. The van der Waals surface area contributed by atoms with Crippen LogP contribution < -0.4 is 23.7 Å². The Morgan fingerprint density at radius 3 is 2.58 bits per heavy atom. The van der Waals surface area contributed by atoms with E-state index in [0.29, 0.717) is 27.6 Å². The van der Waals surface area contributed by atoms with Crippen molar-refractivity contribution in [3.05, 3.63) is 48.0 Å². The molecule has 0 unspecified atom stereocenters. The predicted molar refractivity (Wildman–Crippen MR) is 127 cm³/mol. The summed E-state index contributed by atoms with van der Waals surface area (Å²) in [5.74, 6) is 1.45. The van der Waals surface area contributed by atoms with Gasteiger partial charge in [-0.3, -0.25) is 4.72 Å². The van der Waals surface area contributed by atoms with E-state index in [0.717, 1.165) is 0 Å². The maximum absolute atomic E-state index is 13.1. The summed E-state index contributed by atoms with van der Waals surface area (Å²) in [6.07, 6.45) is 5.77. The lowest BCUT2D eigenvalue weighted by molar-refractivity contribution is 0.174. The van der Waals surface area contributed by atoms with Gasteiger partial charge in [0.2, 0.25) is 17.8 Å². The summed E-state index contributed by atoms with van der Waals surface area (Å²) in [6, 6.07) is 5.35. The molecule has 36 heavy (non-hydrogen) atoms. The Balaban J connectivity index is 1.44. The highest BCUT2D eigenvalue weighted by molar-refractivity contribution is 7.92. The van der Waals surface area contributed by atoms with Crippen molar-refractivity contribution >= 4 is 27.4 Å².